The van der Waals surface area contributed by atoms with E-state index >= 15 is 0 Å². The van der Waals surface area contributed by atoms with E-state index in [1.165, 1.54) is 6.39 Å². The third kappa shape index (κ3) is 2.04. The molecule has 0 spiro atoms. The number of benzene rings is 1. The number of halogens is 1. The fraction of sp³-hybridized carbons (Fsp3) is 0.286. The second kappa shape index (κ2) is 4.83. The summed E-state index contributed by atoms with van der Waals surface area (Å²) in [7, 11) is 0. The number of aromatic nitrogens is 1. The molecule has 1 aliphatic rings. The van der Waals surface area contributed by atoms with Crippen LogP contribution in [0.2, 0.25) is 5.02 Å². The van der Waals surface area contributed by atoms with E-state index in [1.54, 1.807) is 30.0 Å². The lowest BCUT2D eigenvalue weighted by Gasteiger charge is -2.33. The molecule has 20 heavy (non-hydrogen) atoms. The molecule has 0 N–H and O–H groups in total. The number of hydrogen-bond acceptors (Lipinski definition) is 4. The highest BCUT2D eigenvalue weighted by Crippen LogP contribution is 2.39. The van der Waals surface area contributed by atoms with Crippen LogP contribution in [0, 0.1) is 6.92 Å². The first-order valence-electron chi connectivity index (χ1n) is 6.25. The summed E-state index contributed by atoms with van der Waals surface area (Å²) >= 11 is 6.14. The number of para-hydroxylation sites is 1. The highest BCUT2D eigenvalue weighted by atomic mass is 35.5. The number of amides is 1. The lowest BCUT2D eigenvalue weighted by Crippen LogP contribution is -2.42. The monoisotopic (exact) mass is 292 g/mol. The van der Waals surface area contributed by atoms with Crippen molar-refractivity contribution in [2.24, 2.45) is 0 Å². The van der Waals surface area contributed by atoms with E-state index in [1.807, 2.05) is 6.92 Å². The van der Waals surface area contributed by atoms with Crippen LogP contribution in [-0.2, 0) is 0 Å². The van der Waals surface area contributed by atoms with Crippen LogP contribution in [0.15, 0.2) is 29.0 Å². The van der Waals surface area contributed by atoms with E-state index in [4.69, 9.17) is 20.8 Å². The molecule has 6 heteroatoms. The Balaban J connectivity index is 2.05. The zero-order valence-electron chi connectivity index (χ0n) is 11.1. The van der Waals surface area contributed by atoms with Gasteiger partial charge in [0.1, 0.15) is 11.9 Å². The summed E-state index contributed by atoms with van der Waals surface area (Å²) in [5.41, 5.74) is 0.966. The van der Waals surface area contributed by atoms with E-state index in [0.717, 1.165) is 0 Å². The molecule has 0 unspecified atom stereocenters. The minimum absolute atomic E-state index is 0.140. The Morgan fingerprint density at radius 3 is 3.00 bits per heavy atom. The second-order valence-corrected chi connectivity index (χ2v) is 5.10. The Bertz CT molecular complexity index is 668. The molecular formula is C14H13ClN2O3. The molecule has 0 radical (unpaired) electrons. The molecule has 5 nitrogen and oxygen atoms in total. The van der Waals surface area contributed by atoms with E-state index in [2.05, 4.69) is 4.98 Å². The van der Waals surface area contributed by atoms with Crippen molar-refractivity contribution < 1.29 is 13.9 Å². The predicted molar refractivity (Wildman–Crippen MR) is 74.5 cm³/mol. The molecule has 104 valence electrons. The van der Waals surface area contributed by atoms with Crippen LogP contribution in [-0.4, -0.2) is 23.5 Å². The summed E-state index contributed by atoms with van der Waals surface area (Å²) in [6.45, 7) is 4.05. The molecule has 0 fully saturated rings. The van der Waals surface area contributed by atoms with Gasteiger partial charge in [0.15, 0.2) is 17.8 Å². The Kier molecular flexibility index (Phi) is 3.14. The van der Waals surface area contributed by atoms with Gasteiger partial charge >= 0.3 is 0 Å². The van der Waals surface area contributed by atoms with E-state index in [9.17, 15) is 4.79 Å². The van der Waals surface area contributed by atoms with Crippen molar-refractivity contribution in [1.29, 1.82) is 0 Å². The van der Waals surface area contributed by atoms with Crippen molar-refractivity contribution >= 4 is 23.2 Å². The highest BCUT2D eigenvalue weighted by Gasteiger charge is 2.31. The molecule has 0 bridgehead atoms. The van der Waals surface area contributed by atoms with Crippen molar-refractivity contribution in [3.63, 3.8) is 0 Å². The number of ether oxygens (including phenoxy) is 1. The van der Waals surface area contributed by atoms with E-state index in [0.29, 0.717) is 34.5 Å². The molecule has 1 amide bonds. The SMILES string of the molecule is Cc1ocnc1C(=O)N1C[C@@H](C)Oc2c(Cl)cccc21. The molecule has 2 aromatic rings. The molecule has 0 saturated carbocycles. The van der Waals surface area contributed by atoms with Gasteiger partial charge in [0, 0.05) is 0 Å². The Morgan fingerprint density at radius 2 is 2.30 bits per heavy atom. The summed E-state index contributed by atoms with van der Waals surface area (Å²) in [6.07, 6.45) is 1.13. The average molecular weight is 293 g/mol. The predicted octanol–water partition coefficient (Wildman–Crippen LogP) is 3.06. The second-order valence-electron chi connectivity index (χ2n) is 4.69. The van der Waals surface area contributed by atoms with Gasteiger partial charge in [-0.2, -0.15) is 0 Å². The largest absolute Gasteiger partial charge is 0.485 e. The third-order valence-corrected chi connectivity index (χ3v) is 3.49. The zero-order valence-corrected chi connectivity index (χ0v) is 11.8. The summed E-state index contributed by atoms with van der Waals surface area (Å²) in [4.78, 5) is 18.2. The van der Waals surface area contributed by atoms with Gasteiger partial charge in [0.25, 0.3) is 5.91 Å². The van der Waals surface area contributed by atoms with Crippen LogP contribution in [0.1, 0.15) is 23.2 Å². The Morgan fingerprint density at radius 1 is 1.50 bits per heavy atom. The number of nitrogens with zero attached hydrogens (tertiary/aromatic N) is 2. The lowest BCUT2D eigenvalue weighted by atomic mass is 10.1. The maximum atomic E-state index is 12.6. The van der Waals surface area contributed by atoms with Crippen molar-refractivity contribution in [1.82, 2.24) is 4.98 Å². The molecule has 1 atom stereocenters. The average Bonchev–Trinajstić information content (AvgIpc) is 2.84. The van der Waals surface area contributed by atoms with Crippen molar-refractivity contribution in [3.8, 4) is 5.75 Å². The van der Waals surface area contributed by atoms with E-state index < -0.39 is 0 Å². The minimum atomic E-state index is -0.213. The maximum Gasteiger partial charge on any atom is 0.280 e. The van der Waals surface area contributed by atoms with Crippen molar-refractivity contribution in [2.45, 2.75) is 20.0 Å². The van der Waals surface area contributed by atoms with Crippen molar-refractivity contribution in [3.05, 3.63) is 41.1 Å². The molecular weight excluding hydrogens is 280 g/mol. The van der Waals surface area contributed by atoms with Crippen LogP contribution in [0.4, 0.5) is 5.69 Å². The topological polar surface area (TPSA) is 55.6 Å². The molecule has 1 aromatic heterocycles. The first-order chi connectivity index (χ1) is 9.58. The lowest BCUT2D eigenvalue weighted by molar-refractivity contribution is 0.0955. The smallest absolute Gasteiger partial charge is 0.280 e. The van der Waals surface area contributed by atoms with Crippen LogP contribution in [0.5, 0.6) is 5.75 Å². The Labute approximate surface area is 121 Å². The van der Waals surface area contributed by atoms with Gasteiger partial charge in [-0.25, -0.2) is 4.98 Å². The van der Waals surface area contributed by atoms with Crippen LogP contribution in [0.3, 0.4) is 0 Å². The maximum absolute atomic E-state index is 12.6. The zero-order chi connectivity index (χ0) is 14.3. The minimum Gasteiger partial charge on any atom is -0.485 e. The van der Waals surface area contributed by atoms with Gasteiger partial charge in [-0.15, -0.1) is 0 Å². The summed E-state index contributed by atoms with van der Waals surface area (Å²) in [6, 6.07) is 5.33. The van der Waals surface area contributed by atoms with Gasteiger partial charge in [0.2, 0.25) is 0 Å². The Hall–Kier alpha value is -2.01. The van der Waals surface area contributed by atoms with Gasteiger partial charge in [-0.3, -0.25) is 9.69 Å². The third-order valence-electron chi connectivity index (χ3n) is 3.19. The van der Waals surface area contributed by atoms with Crippen LogP contribution >= 0.6 is 11.6 Å². The fourth-order valence-corrected chi connectivity index (χ4v) is 2.47. The first kappa shape index (κ1) is 13.0. The number of fused-ring (bicyclic) bond motifs is 1. The number of oxazole rings is 1. The normalized spacial score (nSPS) is 17.6. The quantitative estimate of drug-likeness (QED) is 0.810. The highest BCUT2D eigenvalue weighted by molar-refractivity contribution is 6.32. The molecule has 0 saturated heterocycles. The van der Waals surface area contributed by atoms with Gasteiger partial charge < -0.3 is 9.15 Å². The molecule has 1 aliphatic heterocycles. The van der Waals surface area contributed by atoms with Crippen molar-refractivity contribution in [2.75, 3.05) is 11.4 Å². The number of carbonyl (C=O) groups excluding carboxylic acids is 1. The van der Waals surface area contributed by atoms with Crippen LogP contribution < -0.4 is 9.64 Å². The molecule has 2 heterocycles. The number of rotatable bonds is 1. The fourth-order valence-electron chi connectivity index (χ4n) is 2.25. The summed E-state index contributed by atoms with van der Waals surface area (Å²) < 4.78 is 10.8. The number of hydrogen-bond donors (Lipinski definition) is 0. The van der Waals surface area contributed by atoms with E-state index in [-0.39, 0.29) is 12.0 Å². The molecule has 0 aliphatic carbocycles. The summed E-state index contributed by atoms with van der Waals surface area (Å²) in [5, 5.41) is 0.490. The standard InChI is InChI=1S/C14H13ClN2O3/c1-8-6-17(14(18)12-9(2)19-7-16-12)11-5-3-4-10(15)13(11)20-8/h3-5,7-8H,6H2,1-2H3/t8-/m1/s1. The number of carbonyl (C=O) groups is 1. The van der Waals surface area contributed by atoms with Crippen LogP contribution in [0.25, 0.3) is 0 Å². The first-order valence-corrected chi connectivity index (χ1v) is 6.63. The van der Waals surface area contributed by atoms with Gasteiger partial charge in [-0.1, -0.05) is 17.7 Å². The molecule has 3 rings (SSSR count). The summed E-state index contributed by atoms with van der Waals surface area (Å²) in [5.74, 6) is 0.815. The number of aryl methyl sites for hydroxylation is 1. The van der Waals surface area contributed by atoms with Gasteiger partial charge in [0.05, 0.1) is 17.3 Å². The number of anilines is 1. The van der Waals surface area contributed by atoms with Gasteiger partial charge in [-0.05, 0) is 26.0 Å². The molecule has 1 aromatic carbocycles.